The third-order valence-electron chi connectivity index (χ3n) is 4.95. The zero-order valence-electron chi connectivity index (χ0n) is 15.4. The number of aromatic nitrogens is 6. The van der Waals surface area contributed by atoms with Crippen molar-refractivity contribution in [1.29, 1.82) is 0 Å². The van der Waals surface area contributed by atoms with Gasteiger partial charge in [-0.3, -0.25) is 9.78 Å². The summed E-state index contributed by atoms with van der Waals surface area (Å²) in [5.41, 5.74) is 7.57. The minimum Gasteiger partial charge on any atom is -0.394 e. The second kappa shape index (κ2) is 6.98. The maximum Gasteiger partial charge on any atom is 0.264 e. The van der Waals surface area contributed by atoms with E-state index in [0.717, 1.165) is 0 Å². The number of nitrogens with two attached hydrogens (primary N) is 1. The van der Waals surface area contributed by atoms with Gasteiger partial charge in [-0.05, 0) is 18.2 Å². The normalized spacial score (nSPS) is 22.0. The van der Waals surface area contributed by atoms with E-state index in [1.54, 1.807) is 29.0 Å². The van der Waals surface area contributed by atoms with Gasteiger partial charge in [0.05, 0.1) is 18.4 Å². The molecule has 1 aromatic carbocycles. The van der Waals surface area contributed by atoms with Crippen LogP contribution in [0.1, 0.15) is 12.6 Å². The van der Waals surface area contributed by atoms with E-state index in [2.05, 4.69) is 35.6 Å². The number of benzene rings is 1. The van der Waals surface area contributed by atoms with Crippen LogP contribution < -0.4 is 11.3 Å². The van der Waals surface area contributed by atoms with Gasteiger partial charge >= 0.3 is 0 Å². The third kappa shape index (κ3) is 3.01. The summed E-state index contributed by atoms with van der Waals surface area (Å²) in [7, 11) is 0. The number of aliphatic hydroxyl groups is 2. The molecular formula is C17H17N9O4. The van der Waals surface area contributed by atoms with Crippen LogP contribution in [0.4, 0.5) is 17.3 Å². The van der Waals surface area contributed by atoms with Crippen LogP contribution in [0.25, 0.3) is 22.1 Å². The Bertz CT molecular complexity index is 1320. The molecule has 1 fully saturated rings. The Morgan fingerprint density at radius 3 is 2.93 bits per heavy atom. The molecule has 13 heteroatoms. The van der Waals surface area contributed by atoms with Crippen molar-refractivity contribution in [1.82, 2.24) is 29.9 Å². The fourth-order valence-corrected chi connectivity index (χ4v) is 3.50. The molecule has 0 spiro atoms. The third-order valence-corrected chi connectivity index (χ3v) is 4.95. The van der Waals surface area contributed by atoms with Crippen molar-refractivity contribution in [2.75, 3.05) is 12.3 Å². The van der Waals surface area contributed by atoms with Gasteiger partial charge in [-0.25, -0.2) is 0 Å². The molecule has 13 nitrogen and oxygen atoms in total. The highest BCUT2D eigenvalue weighted by Crippen LogP contribution is 2.35. The van der Waals surface area contributed by atoms with E-state index in [1.165, 1.54) is 0 Å². The van der Waals surface area contributed by atoms with Crippen LogP contribution in [-0.4, -0.2) is 59.0 Å². The Hall–Kier alpha value is -3.68. The molecule has 1 aliphatic heterocycles. The van der Waals surface area contributed by atoms with Gasteiger partial charge in [0.15, 0.2) is 5.65 Å². The van der Waals surface area contributed by atoms with Crippen molar-refractivity contribution >= 4 is 39.4 Å². The molecule has 1 aliphatic rings. The van der Waals surface area contributed by atoms with Gasteiger partial charge in [-0.15, -0.1) is 5.11 Å². The van der Waals surface area contributed by atoms with Crippen molar-refractivity contribution in [3.8, 4) is 0 Å². The van der Waals surface area contributed by atoms with Gasteiger partial charge < -0.3 is 25.3 Å². The number of anilines is 1. The number of H-pyrrole nitrogens is 2. The summed E-state index contributed by atoms with van der Waals surface area (Å²) in [5.74, 6) is -0.0657. The van der Waals surface area contributed by atoms with Crippen molar-refractivity contribution in [3.63, 3.8) is 0 Å². The van der Waals surface area contributed by atoms with Crippen LogP contribution in [0.5, 0.6) is 0 Å². The zero-order chi connectivity index (χ0) is 20.8. The van der Waals surface area contributed by atoms with Gasteiger partial charge in [0.2, 0.25) is 5.95 Å². The molecular weight excluding hydrogens is 394 g/mol. The molecule has 5 rings (SSSR count). The van der Waals surface area contributed by atoms with E-state index in [4.69, 9.17) is 10.5 Å². The molecule has 0 aliphatic carbocycles. The number of nitrogen functional groups attached to an aromatic ring is 1. The van der Waals surface area contributed by atoms with Crippen molar-refractivity contribution in [2.45, 2.75) is 24.9 Å². The van der Waals surface area contributed by atoms with Crippen molar-refractivity contribution in [2.24, 2.45) is 10.2 Å². The van der Waals surface area contributed by atoms with E-state index >= 15 is 0 Å². The van der Waals surface area contributed by atoms with Gasteiger partial charge in [0, 0.05) is 12.6 Å². The van der Waals surface area contributed by atoms with Crippen LogP contribution in [-0.2, 0) is 4.74 Å². The zero-order valence-corrected chi connectivity index (χ0v) is 15.4. The summed E-state index contributed by atoms with van der Waals surface area (Å²) in [6.07, 6.45) is -0.462. The average Bonchev–Trinajstić information content (AvgIpc) is 3.42. The Morgan fingerprint density at radius 1 is 1.30 bits per heavy atom. The van der Waals surface area contributed by atoms with Crippen LogP contribution in [0.2, 0.25) is 0 Å². The standard InChI is InChI=1S/C17H17N9O4/c18-17-19-15-14(16(29)20-17)10(5-26(15)13-4-11(28)12(6-27)30-13)22-21-7-1-2-8-9(3-7)24-25-23-8/h1-3,5,11-13,27-28H,4,6H2,(H,23,24,25)(H3,18,19,20,29). The lowest BCUT2D eigenvalue weighted by Gasteiger charge is -2.14. The van der Waals surface area contributed by atoms with E-state index in [1.807, 2.05) is 0 Å². The first kappa shape index (κ1) is 18.4. The topological polar surface area (TPSA) is 193 Å². The molecule has 3 aromatic heterocycles. The highest BCUT2D eigenvalue weighted by atomic mass is 16.5. The molecule has 6 N–H and O–H groups in total. The molecule has 4 aromatic rings. The predicted molar refractivity (Wildman–Crippen MR) is 104 cm³/mol. The first-order chi connectivity index (χ1) is 14.5. The molecule has 154 valence electrons. The maximum absolute atomic E-state index is 12.5. The summed E-state index contributed by atoms with van der Waals surface area (Å²) >= 11 is 0. The number of aliphatic hydroxyl groups excluding tert-OH is 2. The minimum absolute atomic E-state index is 0.0657. The molecule has 1 saturated heterocycles. The largest absolute Gasteiger partial charge is 0.394 e. The van der Waals surface area contributed by atoms with Crippen LogP contribution in [0, 0.1) is 0 Å². The van der Waals surface area contributed by atoms with Gasteiger partial charge in [0.1, 0.15) is 34.4 Å². The minimum atomic E-state index is -0.851. The molecule has 0 saturated carbocycles. The smallest absolute Gasteiger partial charge is 0.264 e. The van der Waals surface area contributed by atoms with Gasteiger partial charge in [-0.1, -0.05) is 0 Å². The molecule has 3 unspecified atom stereocenters. The van der Waals surface area contributed by atoms with E-state index in [9.17, 15) is 15.0 Å². The Balaban J connectivity index is 1.59. The Kier molecular flexibility index (Phi) is 4.27. The first-order valence-corrected chi connectivity index (χ1v) is 9.10. The second-order valence-corrected chi connectivity index (χ2v) is 6.88. The average molecular weight is 411 g/mol. The van der Waals surface area contributed by atoms with E-state index in [-0.39, 0.29) is 35.7 Å². The number of hydrogen-bond donors (Lipinski definition) is 5. The highest BCUT2D eigenvalue weighted by Gasteiger charge is 2.35. The summed E-state index contributed by atoms with van der Waals surface area (Å²) < 4.78 is 7.26. The summed E-state index contributed by atoms with van der Waals surface area (Å²) in [4.78, 5) is 19.2. The summed E-state index contributed by atoms with van der Waals surface area (Å²) in [6.45, 7) is -0.329. The summed E-state index contributed by atoms with van der Waals surface area (Å²) in [6, 6.07) is 5.16. The molecule has 0 radical (unpaired) electrons. The number of ether oxygens (including phenoxy) is 1. The van der Waals surface area contributed by atoms with Crippen LogP contribution in [0.3, 0.4) is 0 Å². The van der Waals surface area contributed by atoms with Crippen LogP contribution >= 0.6 is 0 Å². The molecule has 4 heterocycles. The fourth-order valence-electron chi connectivity index (χ4n) is 3.50. The van der Waals surface area contributed by atoms with Crippen LogP contribution in [0.15, 0.2) is 39.4 Å². The Labute approximate surface area is 167 Å². The maximum atomic E-state index is 12.5. The summed E-state index contributed by atoms with van der Waals surface area (Å²) in [5, 5.41) is 38.5. The Morgan fingerprint density at radius 2 is 2.13 bits per heavy atom. The number of fused-ring (bicyclic) bond motifs is 2. The quantitative estimate of drug-likeness (QED) is 0.302. The highest BCUT2D eigenvalue weighted by molar-refractivity contribution is 5.88. The number of azo groups is 1. The SMILES string of the molecule is Nc1nc2c(c(N=Nc3ccc4n[nH]nc4c3)cn2C2CC(O)C(CO)O2)c(=O)[nH]1. The van der Waals surface area contributed by atoms with Crippen molar-refractivity contribution < 1.29 is 14.9 Å². The van der Waals surface area contributed by atoms with E-state index < -0.39 is 24.0 Å². The lowest BCUT2D eigenvalue weighted by atomic mass is 10.2. The number of hydrogen-bond acceptors (Lipinski definition) is 10. The molecule has 3 atom stereocenters. The number of aromatic amines is 2. The molecule has 0 bridgehead atoms. The first-order valence-electron chi connectivity index (χ1n) is 9.10. The molecule has 0 amide bonds. The number of nitrogens with zero attached hydrogens (tertiary/aromatic N) is 6. The predicted octanol–water partition coefficient (Wildman–Crippen LogP) is 0.634. The second-order valence-electron chi connectivity index (χ2n) is 6.88. The fraction of sp³-hybridized carbons (Fsp3) is 0.294. The lowest BCUT2D eigenvalue weighted by Crippen LogP contribution is -2.24. The number of rotatable bonds is 4. The lowest BCUT2D eigenvalue weighted by molar-refractivity contribution is -0.0430. The van der Waals surface area contributed by atoms with Gasteiger partial charge in [0.25, 0.3) is 5.56 Å². The number of nitrogens with one attached hydrogen (secondary N) is 2. The van der Waals surface area contributed by atoms with Gasteiger partial charge in [-0.2, -0.15) is 25.5 Å². The molecule has 30 heavy (non-hydrogen) atoms. The van der Waals surface area contributed by atoms with Crippen molar-refractivity contribution in [3.05, 3.63) is 34.7 Å². The monoisotopic (exact) mass is 411 g/mol. The van der Waals surface area contributed by atoms with E-state index in [0.29, 0.717) is 16.7 Å².